The molecule has 0 bridgehead atoms. The van der Waals surface area contributed by atoms with Crippen LogP contribution in [0.5, 0.6) is 5.75 Å². The summed E-state index contributed by atoms with van der Waals surface area (Å²) in [5.74, 6) is 0.681. The number of ether oxygens (including phenoxy) is 1. The van der Waals surface area contributed by atoms with Crippen molar-refractivity contribution in [1.29, 1.82) is 0 Å². The molecule has 1 aromatic heterocycles. The van der Waals surface area contributed by atoms with E-state index in [9.17, 15) is 5.11 Å². The summed E-state index contributed by atoms with van der Waals surface area (Å²) >= 11 is 5.87. The first-order valence-corrected chi connectivity index (χ1v) is 6.45. The topological polar surface area (TPSA) is 42.4 Å². The van der Waals surface area contributed by atoms with E-state index in [2.05, 4.69) is 18.8 Å². The lowest BCUT2D eigenvalue weighted by Gasteiger charge is -2.52. The standard InChI is InChI=1S/C13H18ClNO2/c1-3-13(4-2)11(16)6-12(13)17-10-5-9(14)7-15-8-10/h5,7-8,11-12,16H,3-4,6H2,1-2H3. The first-order valence-electron chi connectivity index (χ1n) is 6.07. The van der Waals surface area contributed by atoms with Crippen LogP contribution >= 0.6 is 11.6 Å². The average molecular weight is 256 g/mol. The summed E-state index contributed by atoms with van der Waals surface area (Å²) < 4.78 is 5.89. The summed E-state index contributed by atoms with van der Waals surface area (Å²) in [5.41, 5.74) is -0.109. The number of hydrogen-bond donors (Lipinski definition) is 1. The molecule has 3 nitrogen and oxygen atoms in total. The third kappa shape index (κ3) is 2.14. The minimum Gasteiger partial charge on any atom is -0.488 e. The SMILES string of the molecule is CCC1(CC)C(O)CC1Oc1cncc(Cl)c1. The Morgan fingerprint density at radius 3 is 2.71 bits per heavy atom. The number of aliphatic hydroxyl groups excluding tert-OH is 1. The molecule has 0 radical (unpaired) electrons. The van der Waals surface area contributed by atoms with Gasteiger partial charge < -0.3 is 9.84 Å². The van der Waals surface area contributed by atoms with Crippen LogP contribution in [0.4, 0.5) is 0 Å². The summed E-state index contributed by atoms with van der Waals surface area (Å²) in [6, 6.07) is 1.76. The Morgan fingerprint density at radius 1 is 1.47 bits per heavy atom. The zero-order valence-corrected chi connectivity index (χ0v) is 10.9. The van der Waals surface area contributed by atoms with E-state index in [1.165, 1.54) is 0 Å². The number of rotatable bonds is 4. The highest BCUT2D eigenvalue weighted by Gasteiger charge is 2.53. The monoisotopic (exact) mass is 255 g/mol. The molecule has 1 aliphatic carbocycles. The third-order valence-corrected chi connectivity index (χ3v) is 4.22. The van der Waals surface area contributed by atoms with Gasteiger partial charge in [-0.05, 0) is 12.8 Å². The van der Waals surface area contributed by atoms with Gasteiger partial charge in [0.15, 0.2) is 0 Å². The van der Waals surface area contributed by atoms with Gasteiger partial charge in [-0.15, -0.1) is 0 Å². The van der Waals surface area contributed by atoms with Crippen LogP contribution in [0.3, 0.4) is 0 Å². The second kappa shape index (κ2) is 4.83. The third-order valence-electron chi connectivity index (χ3n) is 4.02. The summed E-state index contributed by atoms with van der Waals surface area (Å²) in [7, 11) is 0. The Morgan fingerprint density at radius 2 is 2.18 bits per heavy atom. The molecule has 1 N–H and O–H groups in total. The van der Waals surface area contributed by atoms with E-state index in [1.54, 1.807) is 18.5 Å². The molecule has 1 saturated carbocycles. The highest BCUT2D eigenvalue weighted by atomic mass is 35.5. The smallest absolute Gasteiger partial charge is 0.139 e. The highest BCUT2D eigenvalue weighted by molar-refractivity contribution is 6.30. The van der Waals surface area contributed by atoms with Crippen molar-refractivity contribution in [3.8, 4) is 5.75 Å². The van der Waals surface area contributed by atoms with Gasteiger partial charge in [-0.25, -0.2) is 0 Å². The maximum Gasteiger partial charge on any atom is 0.139 e. The Labute approximate surface area is 107 Å². The number of aliphatic hydroxyl groups is 1. The minimum absolute atomic E-state index is 0.0627. The first-order chi connectivity index (χ1) is 8.12. The lowest BCUT2D eigenvalue weighted by Crippen LogP contribution is -2.59. The Hall–Kier alpha value is -0.800. The predicted octanol–water partition coefficient (Wildman–Crippen LogP) is 3.05. The van der Waals surface area contributed by atoms with Crippen molar-refractivity contribution in [1.82, 2.24) is 4.98 Å². The quantitative estimate of drug-likeness (QED) is 0.899. The molecule has 2 rings (SSSR count). The minimum atomic E-state index is -0.255. The highest BCUT2D eigenvalue weighted by Crippen LogP contribution is 2.48. The van der Waals surface area contributed by atoms with Crippen LogP contribution in [-0.4, -0.2) is 22.3 Å². The van der Waals surface area contributed by atoms with E-state index in [0.717, 1.165) is 12.8 Å². The molecule has 94 valence electrons. The molecule has 0 aromatic carbocycles. The van der Waals surface area contributed by atoms with Crippen molar-refractivity contribution in [2.75, 3.05) is 0 Å². The fraction of sp³-hybridized carbons (Fsp3) is 0.615. The van der Waals surface area contributed by atoms with Crippen LogP contribution in [0.1, 0.15) is 33.1 Å². The van der Waals surface area contributed by atoms with Gasteiger partial charge in [-0.2, -0.15) is 0 Å². The van der Waals surface area contributed by atoms with Crippen LogP contribution in [0, 0.1) is 5.41 Å². The van der Waals surface area contributed by atoms with Gasteiger partial charge in [-0.3, -0.25) is 4.98 Å². The zero-order valence-electron chi connectivity index (χ0n) is 10.2. The molecule has 1 heterocycles. The molecular weight excluding hydrogens is 238 g/mol. The molecule has 1 fully saturated rings. The van der Waals surface area contributed by atoms with Gasteiger partial charge in [0.1, 0.15) is 11.9 Å². The fourth-order valence-corrected chi connectivity index (χ4v) is 2.85. The van der Waals surface area contributed by atoms with Crippen LogP contribution in [-0.2, 0) is 0 Å². The summed E-state index contributed by atoms with van der Waals surface area (Å²) in [5, 5.41) is 10.5. The second-order valence-electron chi connectivity index (χ2n) is 4.64. The molecule has 0 spiro atoms. The molecular formula is C13H18ClNO2. The molecule has 1 aromatic rings. The molecule has 4 heteroatoms. The lowest BCUT2D eigenvalue weighted by molar-refractivity contribution is -0.159. The van der Waals surface area contributed by atoms with E-state index in [-0.39, 0.29) is 17.6 Å². The Balaban J connectivity index is 2.10. The Bertz CT molecular complexity index is 393. The van der Waals surface area contributed by atoms with Crippen molar-refractivity contribution in [2.24, 2.45) is 5.41 Å². The van der Waals surface area contributed by atoms with Gasteiger partial charge in [-0.1, -0.05) is 25.4 Å². The molecule has 1 aliphatic rings. The Kier molecular flexibility index (Phi) is 3.59. The maximum absolute atomic E-state index is 9.94. The van der Waals surface area contributed by atoms with Crippen molar-refractivity contribution < 1.29 is 9.84 Å². The van der Waals surface area contributed by atoms with Crippen LogP contribution in [0.15, 0.2) is 18.5 Å². The van der Waals surface area contributed by atoms with E-state index < -0.39 is 0 Å². The van der Waals surface area contributed by atoms with Gasteiger partial charge in [0.2, 0.25) is 0 Å². The molecule has 0 amide bonds. The summed E-state index contributed by atoms with van der Waals surface area (Å²) in [6.45, 7) is 4.19. The summed E-state index contributed by atoms with van der Waals surface area (Å²) in [6.07, 6.45) is 5.58. The van der Waals surface area contributed by atoms with Gasteiger partial charge in [0.05, 0.1) is 17.3 Å². The van der Waals surface area contributed by atoms with Crippen molar-refractivity contribution in [3.05, 3.63) is 23.5 Å². The number of nitrogens with zero attached hydrogens (tertiary/aromatic N) is 1. The first kappa shape index (κ1) is 12.7. The van der Waals surface area contributed by atoms with E-state index >= 15 is 0 Å². The maximum atomic E-state index is 9.94. The van der Waals surface area contributed by atoms with Crippen molar-refractivity contribution in [2.45, 2.75) is 45.3 Å². The van der Waals surface area contributed by atoms with Crippen molar-refractivity contribution >= 4 is 11.6 Å². The summed E-state index contributed by atoms with van der Waals surface area (Å²) in [4.78, 5) is 3.99. The predicted molar refractivity (Wildman–Crippen MR) is 67.3 cm³/mol. The number of halogens is 1. The largest absolute Gasteiger partial charge is 0.488 e. The van der Waals surface area contributed by atoms with E-state index in [4.69, 9.17) is 16.3 Å². The lowest BCUT2D eigenvalue weighted by atomic mass is 9.60. The number of aromatic nitrogens is 1. The van der Waals surface area contributed by atoms with E-state index in [0.29, 0.717) is 17.2 Å². The second-order valence-corrected chi connectivity index (χ2v) is 5.07. The van der Waals surface area contributed by atoms with Crippen LogP contribution in [0.25, 0.3) is 0 Å². The molecule has 2 atom stereocenters. The van der Waals surface area contributed by atoms with Crippen LogP contribution in [0.2, 0.25) is 5.02 Å². The van der Waals surface area contributed by atoms with E-state index in [1.807, 2.05) is 0 Å². The molecule has 17 heavy (non-hydrogen) atoms. The average Bonchev–Trinajstić information content (AvgIpc) is 2.30. The number of pyridine rings is 1. The number of hydrogen-bond acceptors (Lipinski definition) is 3. The normalized spacial score (nSPS) is 26.4. The molecule has 0 aliphatic heterocycles. The van der Waals surface area contributed by atoms with Crippen LogP contribution < -0.4 is 4.74 Å². The van der Waals surface area contributed by atoms with Gasteiger partial charge >= 0.3 is 0 Å². The zero-order chi connectivity index (χ0) is 12.5. The fourth-order valence-electron chi connectivity index (χ4n) is 2.69. The van der Waals surface area contributed by atoms with Gasteiger partial charge in [0, 0.05) is 24.1 Å². The molecule has 2 unspecified atom stereocenters. The molecule has 0 saturated heterocycles. The van der Waals surface area contributed by atoms with Gasteiger partial charge in [0.25, 0.3) is 0 Å². The van der Waals surface area contributed by atoms with Crippen molar-refractivity contribution in [3.63, 3.8) is 0 Å².